The van der Waals surface area contributed by atoms with Crippen molar-refractivity contribution in [3.63, 3.8) is 0 Å². The third-order valence-electron chi connectivity index (χ3n) is 15.3. The fraction of sp³-hybridized carbons (Fsp3) is 0.902. The Kier molecular flexibility index (Phi) is 12.1. The minimum Gasteiger partial charge on any atom is -0.463 e. The summed E-state index contributed by atoms with van der Waals surface area (Å²) in [6.07, 6.45) is 3.44. The standard InChI is InChI=1S/C41H59Cl3O12/c1-20-10-15-40(50-18-20)21(2)32-30(56-40)17-29-27-9-8-25-16-26(11-13-38(25,6)28(27)12-14-39(29,32)7)53-36-35(55-37(48)41(42,43)44)34(52-24(5)47)33(51-23(4)46)31(54-36)19-49-22(3)45/h20-21,25-36H,8-19H2,1-7H3/t20-,21-,25+,26-,27+,28-,29-,30-,31+,32-,33+,34-,35+,36+,38-,39-,40+/m0/s1. The number of carbonyl (C=O) groups excluding carboxylic acids is 4. The summed E-state index contributed by atoms with van der Waals surface area (Å²) in [6, 6.07) is 0. The third-order valence-corrected chi connectivity index (χ3v) is 15.8. The average Bonchev–Trinajstić information content (AvgIpc) is 3.56. The molecule has 3 heterocycles. The van der Waals surface area contributed by atoms with Crippen molar-refractivity contribution >= 4 is 58.7 Å². The van der Waals surface area contributed by atoms with Crippen molar-refractivity contribution in [1.29, 1.82) is 0 Å². The first kappa shape index (κ1) is 42.7. The highest BCUT2D eigenvalue weighted by molar-refractivity contribution is 6.75. The van der Waals surface area contributed by atoms with Gasteiger partial charge in [-0.1, -0.05) is 62.5 Å². The summed E-state index contributed by atoms with van der Waals surface area (Å²) in [5, 5.41) is 0. The van der Waals surface area contributed by atoms with E-state index < -0.39 is 64.2 Å². The minimum atomic E-state index is -2.48. The van der Waals surface area contributed by atoms with Gasteiger partial charge in [0.15, 0.2) is 30.4 Å². The molecular formula is C41H59Cl3O12. The molecule has 7 aliphatic rings. The van der Waals surface area contributed by atoms with Gasteiger partial charge in [-0.25, -0.2) is 4.79 Å². The number of hydrogen-bond acceptors (Lipinski definition) is 12. The summed E-state index contributed by atoms with van der Waals surface area (Å²) in [6.45, 7) is 13.7. The molecule has 0 aromatic carbocycles. The van der Waals surface area contributed by atoms with Gasteiger partial charge in [0.25, 0.3) is 3.79 Å². The quantitative estimate of drug-likeness (QED) is 0.110. The van der Waals surface area contributed by atoms with Gasteiger partial charge >= 0.3 is 23.9 Å². The zero-order valence-corrected chi connectivity index (χ0v) is 35.9. The monoisotopic (exact) mass is 848 g/mol. The SMILES string of the molecule is CC(=O)OC[C@H]1O[C@@H](O[C@H]2CC[C@@]3(C)[C@H](CC[C@@H]4[C@@H]3CC[C@]3(C)[C@@H]5[C@H](C[C@@H]43)O[C@]3(CC[C@H](C)CO3)[C@H]5C)C2)[C@H](OC(=O)C(Cl)(Cl)Cl)[C@@H](OC(C)=O)[C@@H]1OC(C)=O. The largest absolute Gasteiger partial charge is 0.463 e. The Labute approximate surface area is 345 Å². The van der Waals surface area contributed by atoms with E-state index in [4.69, 9.17) is 72.7 Å². The van der Waals surface area contributed by atoms with E-state index in [0.29, 0.717) is 47.8 Å². The van der Waals surface area contributed by atoms with Crippen molar-refractivity contribution in [2.75, 3.05) is 13.2 Å². The van der Waals surface area contributed by atoms with E-state index in [0.717, 1.165) is 65.4 Å². The van der Waals surface area contributed by atoms with E-state index in [1.165, 1.54) is 19.8 Å². The molecule has 4 saturated carbocycles. The Morgan fingerprint density at radius 2 is 1.46 bits per heavy atom. The second-order valence-corrected chi connectivity index (χ2v) is 20.8. The Balaban J connectivity index is 1.08. The highest BCUT2D eigenvalue weighted by Gasteiger charge is 2.69. The molecule has 17 atom stereocenters. The molecule has 56 heavy (non-hydrogen) atoms. The number of hydrogen-bond donors (Lipinski definition) is 0. The average molecular weight is 850 g/mol. The summed E-state index contributed by atoms with van der Waals surface area (Å²) in [5.74, 6) is -0.0914. The van der Waals surface area contributed by atoms with Gasteiger partial charge in [0, 0.05) is 33.1 Å². The fourth-order valence-electron chi connectivity index (χ4n) is 12.8. The summed E-state index contributed by atoms with van der Waals surface area (Å²) in [5.41, 5.74) is 0.346. The number of halogens is 3. The molecule has 3 saturated heterocycles. The van der Waals surface area contributed by atoms with E-state index >= 15 is 0 Å². The maximum absolute atomic E-state index is 13.0. The van der Waals surface area contributed by atoms with Crippen molar-refractivity contribution in [3.05, 3.63) is 0 Å². The number of carbonyl (C=O) groups is 4. The Bertz CT molecular complexity index is 1510. The van der Waals surface area contributed by atoms with Crippen LogP contribution in [0.3, 0.4) is 0 Å². The first-order valence-electron chi connectivity index (χ1n) is 20.6. The molecular weight excluding hydrogens is 791 g/mol. The second kappa shape index (κ2) is 15.9. The summed E-state index contributed by atoms with van der Waals surface area (Å²) >= 11 is 17.7. The smallest absolute Gasteiger partial charge is 0.359 e. The van der Waals surface area contributed by atoms with Crippen LogP contribution < -0.4 is 0 Å². The van der Waals surface area contributed by atoms with E-state index in [1.54, 1.807) is 0 Å². The fourth-order valence-corrected chi connectivity index (χ4v) is 13.0. The maximum Gasteiger partial charge on any atom is 0.359 e. The van der Waals surface area contributed by atoms with Crippen LogP contribution in [0.2, 0.25) is 0 Å². The highest BCUT2D eigenvalue weighted by atomic mass is 35.6. The molecule has 15 heteroatoms. The molecule has 3 aliphatic heterocycles. The first-order chi connectivity index (χ1) is 26.3. The van der Waals surface area contributed by atoms with E-state index in [1.807, 2.05) is 0 Å². The molecule has 1 spiro atoms. The van der Waals surface area contributed by atoms with E-state index in [-0.39, 0.29) is 29.6 Å². The zero-order chi connectivity index (χ0) is 40.5. The molecule has 0 bridgehead atoms. The van der Waals surface area contributed by atoms with Crippen molar-refractivity contribution in [2.45, 2.75) is 165 Å². The number of esters is 4. The van der Waals surface area contributed by atoms with Gasteiger partial charge in [-0.05, 0) is 104 Å². The molecule has 7 rings (SSSR count). The lowest BCUT2D eigenvalue weighted by Crippen LogP contribution is -2.64. The zero-order valence-electron chi connectivity index (χ0n) is 33.6. The highest BCUT2D eigenvalue weighted by Crippen LogP contribution is 2.71. The van der Waals surface area contributed by atoms with Gasteiger partial charge in [0.05, 0.1) is 18.8 Å². The van der Waals surface area contributed by atoms with Gasteiger partial charge in [-0.15, -0.1) is 0 Å². The van der Waals surface area contributed by atoms with Gasteiger partial charge in [0.2, 0.25) is 0 Å². The van der Waals surface area contributed by atoms with Crippen LogP contribution in [0.5, 0.6) is 0 Å². The van der Waals surface area contributed by atoms with Crippen molar-refractivity contribution in [2.24, 2.45) is 52.3 Å². The lowest BCUT2D eigenvalue weighted by atomic mass is 9.44. The van der Waals surface area contributed by atoms with Crippen molar-refractivity contribution in [1.82, 2.24) is 0 Å². The van der Waals surface area contributed by atoms with Crippen LogP contribution in [0, 0.1) is 52.3 Å². The Morgan fingerprint density at radius 1 is 0.768 bits per heavy atom. The van der Waals surface area contributed by atoms with Crippen LogP contribution in [0.4, 0.5) is 0 Å². The summed E-state index contributed by atoms with van der Waals surface area (Å²) in [7, 11) is 0. The molecule has 12 nitrogen and oxygen atoms in total. The maximum atomic E-state index is 13.0. The third kappa shape index (κ3) is 7.84. The molecule has 0 aromatic rings. The van der Waals surface area contributed by atoms with Crippen LogP contribution in [0.1, 0.15) is 113 Å². The number of ether oxygens (including phenoxy) is 8. The van der Waals surface area contributed by atoms with E-state index in [2.05, 4.69) is 27.7 Å². The topological polar surface area (TPSA) is 142 Å². The molecule has 0 amide bonds. The number of rotatable bonds is 7. The normalized spacial score (nSPS) is 47.1. The van der Waals surface area contributed by atoms with Crippen LogP contribution in [0.25, 0.3) is 0 Å². The summed E-state index contributed by atoms with van der Waals surface area (Å²) in [4.78, 5) is 49.5. The molecule has 0 aromatic heterocycles. The van der Waals surface area contributed by atoms with Gasteiger partial charge in [-0.2, -0.15) is 0 Å². The van der Waals surface area contributed by atoms with Crippen LogP contribution in [-0.4, -0.2) is 89.6 Å². The lowest BCUT2D eigenvalue weighted by molar-refractivity contribution is -0.321. The van der Waals surface area contributed by atoms with E-state index in [9.17, 15) is 19.2 Å². The molecule has 316 valence electrons. The first-order valence-corrected chi connectivity index (χ1v) is 21.8. The second-order valence-electron chi connectivity index (χ2n) is 18.6. The van der Waals surface area contributed by atoms with Crippen LogP contribution >= 0.6 is 34.8 Å². The molecule has 0 unspecified atom stereocenters. The Morgan fingerprint density at radius 3 is 2.11 bits per heavy atom. The van der Waals surface area contributed by atoms with Gasteiger partial charge in [0.1, 0.15) is 12.7 Å². The molecule has 7 fully saturated rings. The number of alkyl halides is 3. The predicted octanol–water partition coefficient (Wildman–Crippen LogP) is 7.25. The lowest BCUT2D eigenvalue weighted by Gasteiger charge is -2.61. The van der Waals surface area contributed by atoms with Gasteiger partial charge in [-0.3, -0.25) is 14.4 Å². The van der Waals surface area contributed by atoms with Gasteiger partial charge < -0.3 is 37.9 Å². The molecule has 4 aliphatic carbocycles. The predicted molar refractivity (Wildman–Crippen MR) is 203 cm³/mol. The minimum absolute atomic E-state index is 0.117. The van der Waals surface area contributed by atoms with Crippen LogP contribution in [-0.2, 0) is 57.1 Å². The molecule has 0 radical (unpaired) electrons. The van der Waals surface area contributed by atoms with Crippen molar-refractivity contribution in [3.8, 4) is 0 Å². The Hall–Kier alpha value is -1.41. The van der Waals surface area contributed by atoms with Crippen molar-refractivity contribution < 1.29 is 57.1 Å². The summed E-state index contributed by atoms with van der Waals surface area (Å²) < 4.78 is 46.1. The number of fused-ring (bicyclic) bond motifs is 7. The van der Waals surface area contributed by atoms with Crippen LogP contribution in [0.15, 0.2) is 0 Å². The molecule has 0 N–H and O–H groups in total.